The fraction of sp³-hybridized carbons (Fsp3) is 0.0625. The quantitative estimate of drug-likeness (QED) is 0.538. The lowest BCUT2D eigenvalue weighted by Gasteiger charge is -2.20. The van der Waals surface area contributed by atoms with E-state index in [1.54, 1.807) is 54.7 Å². The fourth-order valence-corrected chi connectivity index (χ4v) is 4.05. The molecule has 3 aromatic rings. The summed E-state index contributed by atoms with van der Waals surface area (Å²) in [6.07, 6.45) is 1.67. The monoisotopic (exact) mass is 330 g/mol. The van der Waals surface area contributed by atoms with Crippen LogP contribution < -0.4 is 10.4 Å². The van der Waals surface area contributed by atoms with E-state index < -0.39 is 19.5 Å². The van der Waals surface area contributed by atoms with Gasteiger partial charge in [-0.15, -0.1) is 0 Å². The molecule has 4 N–H and O–H groups in total. The summed E-state index contributed by atoms with van der Waals surface area (Å²) in [4.78, 5) is 24.9. The molecule has 0 radical (unpaired) electrons. The molecule has 7 heteroatoms. The Balaban J connectivity index is 2.01. The highest BCUT2D eigenvalue weighted by Crippen LogP contribution is 2.40. The minimum Gasteiger partial charge on any atom is -0.480 e. The van der Waals surface area contributed by atoms with Crippen LogP contribution in [0.1, 0.15) is 11.6 Å². The normalized spacial score (nSPS) is 15.2. The molecule has 0 aliphatic heterocycles. The molecule has 2 aromatic carbocycles. The van der Waals surface area contributed by atoms with Crippen LogP contribution in [0.4, 0.5) is 0 Å². The molecular formula is C16H15N2O4P. The Morgan fingerprint density at radius 2 is 1.83 bits per heavy atom. The Morgan fingerprint density at radius 3 is 2.52 bits per heavy atom. The van der Waals surface area contributed by atoms with Crippen molar-refractivity contribution >= 4 is 29.7 Å². The molecule has 0 fully saturated rings. The van der Waals surface area contributed by atoms with E-state index in [0.717, 1.165) is 0 Å². The van der Waals surface area contributed by atoms with Crippen LogP contribution in [-0.2, 0) is 9.36 Å². The van der Waals surface area contributed by atoms with Gasteiger partial charge in [-0.3, -0.25) is 9.36 Å². The number of hydrogen-bond donors (Lipinski definition) is 4. The van der Waals surface area contributed by atoms with E-state index in [1.165, 1.54) is 6.07 Å². The molecule has 0 spiro atoms. The van der Waals surface area contributed by atoms with Crippen LogP contribution in [0.3, 0.4) is 0 Å². The molecule has 0 aliphatic carbocycles. The van der Waals surface area contributed by atoms with Crippen molar-refractivity contribution in [3.05, 3.63) is 66.4 Å². The average Bonchev–Trinajstić information content (AvgIpc) is 3.01. The number of aromatic nitrogens is 1. The van der Waals surface area contributed by atoms with Gasteiger partial charge in [-0.05, 0) is 23.8 Å². The zero-order chi connectivity index (χ0) is 16.4. The SMILES string of the molecule is O=C(O)C(NP(=O)(O)c1cccc2[nH]ccc12)c1ccccc1. The average molecular weight is 330 g/mol. The first-order valence-electron chi connectivity index (χ1n) is 6.94. The number of carbonyl (C=O) groups is 1. The molecule has 0 amide bonds. The van der Waals surface area contributed by atoms with E-state index in [2.05, 4.69) is 10.1 Å². The summed E-state index contributed by atoms with van der Waals surface area (Å²) in [5.74, 6) is -1.22. The van der Waals surface area contributed by atoms with Crippen molar-refractivity contribution in [1.82, 2.24) is 10.1 Å². The topological polar surface area (TPSA) is 102 Å². The molecular weight excluding hydrogens is 315 g/mol. The number of H-pyrrole nitrogens is 1. The summed E-state index contributed by atoms with van der Waals surface area (Å²) in [7, 11) is -4.08. The number of aromatic amines is 1. The number of fused-ring (bicyclic) bond motifs is 1. The number of carboxylic acids is 1. The highest BCUT2D eigenvalue weighted by molar-refractivity contribution is 7.64. The van der Waals surface area contributed by atoms with Crippen LogP contribution in [0.25, 0.3) is 10.9 Å². The van der Waals surface area contributed by atoms with E-state index >= 15 is 0 Å². The Morgan fingerprint density at radius 1 is 1.09 bits per heavy atom. The molecule has 1 aromatic heterocycles. The van der Waals surface area contributed by atoms with Crippen molar-refractivity contribution in [1.29, 1.82) is 0 Å². The fourth-order valence-electron chi connectivity index (χ4n) is 2.50. The first-order chi connectivity index (χ1) is 11.0. The van der Waals surface area contributed by atoms with E-state index in [1.807, 2.05) is 0 Å². The summed E-state index contributed by atoms with van der Waals surface area (Å²) < 4.78 is 12.8. The number of benzene rings is 2. The second kappa shape index (κ2) is 6.01. The van der Waals surface area contributed by atoms with E-state index in [4.69, 9.17) is 0 Å². The van der Waals surface area contributed by atoms with Gasteiger partial charge in [0, 0.05) is 17.1 Å². The van der Waals surface area contributed by atoms with Gasteiger partial charge in [-0.1, -0.05) is 36.4 Å². The van der Waals surface area contributed by atoms with Gasteiger partial charge >= 0.3 is 5.97 Å². The molecule has 6 nitrogen and oxygen atoms in total. The second-order valence-electron chi connectivity index (χ2n) is 5.10. The van der Waals surface area contributed by atoms with Gasteiger partial charge in [0.05, 0.1) is 5.30 Å². The number of aliphatic carboxylic acids is 1. The van der Waals surface area contributed by atoms with Crippen molar-refractivity contribution in [2.24, 2.45) is 0 Å². The van der Waals surface area contributed by atoms with Crippen LogP contribution in [0.5, 0.6) is 0 Å². The standard InChI is InChI=1S/C16H15N2O4P/c19-16(20)15(11-5-2-1-3-6-11)18-23(21,22)14-8-4-7-13-12(14)9-10-17-13/h1-10,15,17H,(H,19,20)(H2,18,21,22). The summed E-state index contributed by atoms with van der Waals surface area (Å²) in [6, 6.07) is 13.7. The number of carboxylic acid groups (broad SMARTS) is 1. The number of hydrogen-bond acceptors (Lipinski definition) is 2. The van der Waals surface area contributed by atoms with Crippen molar-refractivity contribution in [2.45, 2.75) is 6.04 Å². The van der Waals surface area contributed by atoms with Crippen LogP contribution in [0, 0.1) is 0 Å². The van der Waals surface area contributed by atoms with Crippen molar-refractivity contribution in [2.75, 3.05) is 0 Å². The molecule has 3 rings (SSSR count). The lowest BCUT2D eigenvalue weighted by atomic mass is 10.1. The second-order valence-corrected chi connectivity index (χ2v) is 7.00. The largest absolute Gasteiger partial charge is 0.480 e. The number of nitrogens with one attached hydrogen (secondary N) is 2. The molecule has 118 valence electrons. The highest BCUT2D eigenvalue weighted by Gasteiger charge is 2.31. The Bertz CT molecular complexity index is 891. The summed E-state index contributed by atoms with van der Waals surface area (Å²) in [5.41, 5.74) is 1.13. The van der Waals surface area contributed by atoms with Gasteiger partial charge in [-0.2, -0.15) is 0 Å². The first kappa shape index (κ1) is 15.5. The number of rotatable bonds is 5. The van der Waals surface area contributed by atoms with Gasteiger partial charge in [0.2, 0.25) is 0 Å². The van der Waals surface area contributed by atoms with E-state index in [9.17, 15) is 19.4 Å². The smallest absolute Gasteiger partial charge is 0.325 e. The molecule has 23 heavy (non-hydrogen) atoms. The Labute approximate surface area is 132 Å². The highest BCUT2D eigenvalue weighted by atomic mass is 31.2. The van der Waals surface area contributed by atoms with Crippen LogP contribution in [0.15, 0.2) is 60.8 Å². The minimum atomic E-state index is -4.08. The molecule has 0 bridgehead atoms. The summed E-state index contributed by atoms with van der Waals surface area (Å²) in [5, 5.41) is 12.6. The zero-order valence-electron chi connectivity index (χ0n) is 12.0. The lowest BCUT2D eigenvalue weighted by molar-refractivity contribution is -0.139. The summed E-state index contributed by atoms with van der Waals surface area (Å²) >= 11 is 0. The lowest BCUT2D eigenvalue weighted by Crippen LogP contribution is -2.29. The first-order valence-corrected chi connectivity index (χ1v) is 8.60. The minimum absolute atomic E-state index is 0.179. The third-order valence-electron chi connectivity index (χ3n) is 3.58. The maximum atomic E-state index is 12.8. The molecule has 1 heterocycles. The van der Waals surface area contributed by atoms with Crippen LogP contribution in [0.2, 0.25) is 0 Å². The maximum Gasteiger partial charge on any atom is 0.325 e. The Hall–Kier alpha value is -2.40. The maximum absolute atomic E-state index is 12.8. The molecule has 0 saturated carbocycles. The third-order valence-corrected chi connectivity index (χ3v) is 5.23. The van der Waals surface area contributed by atoms with Crippen molar-refractivity contribution in [3.63, 3.8) is 0 Å². The molecule has 0 saturated heterocycles. The predicted octanol–water partition coefficient (Wildman–Crippen LogP) is 2.39. The van der Waals surface area contributed by atoms with Gasteiger partial charge in [0.15, 0.2) is 0 Å². The van der Waals surface area contributed by atoms with Crippen LogP contribution in [-0.4, -0.2) is 21.0 Å². The van der Waals surface area contributed by atoms with Crippen molar-refractivity contribution < 1.29 is 19.4 Å². The third kappa shape index (κ3) is 3.05. The van der Waals surface area contributed by atoms with Crippen molar-refractivity contribution in [3.8, 4) is 0 Å². The molecule has 0 aliphatic rings. The van der Waals surface area contributed by atoms with Gasteiger partial charge in [0.1, 0.15) is 6.04 Å². The van der Waals surface area contributed by atoms with E-state index in [-0.39, 0.29) is 5.30 Å². The van der Waals surface area contributed by atoms with Gasteiger partial charge < -0.3 is 15.0 Å². The summed E-state index contributed by atoms with van der Waals surface area (Å²) in [6.45, 7) is 0. The van der Waals surface area contributed by atoms with E-state index in [0.29, 0.717) is 16.5 Å². The van der Waals surface area contributed by atoms with Gasteiger partial charge in [-0.25, -0.2) is 5.09 Å². The molecule has 2 unspecified atom stereocenters. The van der Waals surface area contributed by atoms with Crippen LogP contribution >= 0.6 is 7.52 Å². The zero-order valence-corrected chi connectivity index (χ0v) is 12.9. The predicted molar refractivity (Wildman–Crippen MR) is 87.7 cm³/mol. The molecule has 2 atom stereocenters. The Kier molecular flexibility index (Phi) is 4.05. The van der Waals surface area contributed by atoms with Gasteiger partial charge in [0.25, 0.3) is 7.52 Å².